The van der Waals surface area contributed by atoms with E-state index < -0.39 is 0 Å². The maximum atomic E-state index is 5.20. The summed E-state index contributed by atoms with van der Waals surface area (Å²) in [6.07, 6.45) is 7.98. The van der Waals surface area contributed by atoms with Crippen molar-refractivity contribution < 1.29 is 0 Å². The van der Waals surface area contributed by atoms with Crippen LogP contribution in [-0.2, 0) is 0 Å². The zero-order valence-electron chi connectivity index (χ0n) is 63.3. The minimum atomic E-state index is 0.934. The molecular formula is C108H64N8S2. The van der Waals surface area contributed by atoms with E-state index in [9.17, 15) is 0 Å². The van der Waals surface area contributed by atoms with Crippen molar-refractivity contribution in [2.45, 2.75) is 0 Å². The van der Waals surface area contributed by atoms with Gasteiger partial charge >= 0.3 is 0 Å². The normalized spacial score (nSPS) is 12.1. The Kier molecular flexibility index (Phi) is 14.7. The van der Waals surface area contributed by atoms with Crippen LogP contribution in [0.2, 0.25) is 0 Å². The molecule has 10 aromatic heterocycles. The average molecular weight is 1540 g/mol. The van der Waals surface area contributed by atoms with Crippen LogP contribution >= 0.6 is 22.7 Å². The fraction of sp³-hybridized carbons (Fsp3) is 0. The summed E-state index contributed by atoms with van der Waals surface area (Å²) < 4.78 is 14.6. The Morgan fingerprint density at radius 1 is 0.203 bits per heavy atom. The first kappa shape index (κ1) is 66.3. The van der Waals surface area contributed by atoms with Crippen LogP contribution in [0.1, 0.15) is 0 Å². The summed E-state index contributed by atoms with van der Waals surface area (Å²) in [4.78, 5) is 19.8. The van der Waals surface area contributed by atoms with Gasteiger partial charge in [0.1, 0.15) is 11.3 Å². The van der Waals surface area contributed by atoms with E-state index in [0.717, 1.165) is 99.9 Å². The predicted octanol–water partition coefficient (Wildman–Crippen LogP) is 29.3. The van der Waals surface area contributed by atoms with E-state index in [0.29, 0.717) is 0 Å². The summed E-state index contributed by atoms with van der Waals surface area (Å²) in [6, 6.07) is 133. The molecule has 0 saturated carbocycles. The molecule has 118 heavy (non-hydrogen) atoms. The number of thiophene rings is 2. The highest BCUT2D eigenvalue weighted by Gasteiger charge is 2.23. The second-order valence-corrected chi connectivity index (χ2v) is 33.0. The number of pyridine rings is 4. The minimum absolute atomic E-state index is 0.934. The number of benzene rings is 16. The highest BCUT2D eigenvalue weighted by molar-refractivity contribution is 7.26. The first-order chi connectivity index (χ1) is 58.5. The Balaban J connectivity index is 0.000000131. The lowest BCUT2D eigenvalue weighted by molar-refractivity contribution is 1.13. The zero-order chi connectivity index (χ0) is 77.2. The molecule has 0 saturated heterocycles. The Bertz CT molecular complexity index is 8480. The molecule has 8 nitrogen and oxygen atoms in total. The molecular weight excluding hydrogens is 1470 g/mol. The number of rotatable bonds is 8. The van der Waals surface area contributed by atoms with Crippen LogP contribution in [-0.4, -0.2) is 37.9 Å². The van der Waals surface area contributed by atoms with Crippen molar-refractivity contribution in [3.63, 3.8) is 0 Å². The number of fused-ring (bicyclic) bond motifs is 28. The molecule has 26 aromatic rings. The van der Waals surface area contributed by atoms with Crippen LogP contribution in [0.4, 0.5) is 0 Å². The van der Waals surface area contributed by atoms with E-state index in [4.69, 9.17) is 19.9 Å². The smallest absolute Gasteiger partial charge is 0.137 e. The van der Waals surface area contributed by atoms with E-state index in [1.807, 2.05) is 53.3 Å². The van der Waals surface area contributed by atoms with Gasteiger partial charge in [-0.15, -0.1) is 22.7 Å². The van der Waals surface area contributed by atoms with Crippen LogP contribution < -0.4 is 0 Å². The third-order valence-corrected chi connectivity index (χ3v) is 26.5. The Morgan fingerprint density at radius 3 is 1.02 bits per heavy atom. The van der Waals surface area contributed by atoms with Gasteiger partial charge in [-0.3, -0.25) is 18.8 Å². The number of hydrogen-bond acceptors (Lipinski definition) is 6. The Labute approximate surface area is 683 Å². The van der Waals surface area contributed by atoms with Gasteiger partial charge in [0.15, 0.2) is 0 Å². The van der Waals surface area contributed by atoms with Gasteiger partial charge in [-0.05, 0) is 230 Å². The lowest BCUT2D eigenvalue weighted by atomic mass is 9.90. The van der Waals surface area contributed by atoms with E-state index in [-0.39, 0.29) is 0 Å². The van der Waals surface area contributed by atoms with E-state index >= 15 is 0 Å². The molecule has 10 heteroatoms. The molecule has 0 bridgehead atoms. The molecule has 0 fully saturated rings. The fourth-order valence-electron chi connectivity index (χ4n) is 18.9. The standard InChI is InChI=1S/C54H33N5.C54H31N3S2/c1-5-18-48-39(13-1)40-14-2-6-19-49(40)58(48)37-29-36(30-38(33-37)59-50-20-7-3-15-41(50)42-16-4-8-21-51(42)59)34-23-26-44-46(31-34)45-32-35(47-17-9-11-27-55-47)24-25-43(45)53-54(44)57-28-12-10-22-52(57)56-53;1-3-12-48-39(9-1)41-19-15-34(31-51(41)59-48)38-26-36(25-37(27-38)33-18-22-50-46(29-33)40-10-2-4-13-49(40)58-50)32-16-21-43-45(28-32)44-30-35(47-11-5-7-23-55-47)17-20-42(44)53-54(43)57-24-8-6-14-52(57)56-53/h1-33H;1-31H. The van der Waals surface area contributed by atoms with Crippen LogP contribution in [0.5, 0.6) is 0 Å². The summed E-state index contributed by atoms with van der Waals surface area (Å²) in [5, 5.41) is 19.5. The summed E-state index contributed by atoms with van der Waals surface area (Å²) in [5.41, 5.74) is 26.6. The van der Waals surface area contributed by atoms with Crippen molar-refractivity contribution in [3.8, 4) is 78.4 Å². The molecule has 0 radical (unpaired) electrons. The highest BCUT2D eigenvalue weighted by Crippen LogP contribution is 2.47. The molecule has 548 valence electrons. The Morgan fingerprint density at radius 2 is 0.542 bits per heavy atom. The summed E-state index contributed by atoms with van der Waals surface area (Å²) in [6.45, 7) is 0. The van der Waals surface area contributed by atoms with Gasteiger partial charge in [-0.1, -0.05) is 200 Å². The second-order valence-electron chi connectivity index (χ2n) is 30.8. The lowest BCUT2D eigenvalue weighted by Crippen LogP contribution is -2.00. The largest absolute Gasteiger partial charge is 0.309 e. The van der Waals surface area contributed by atoms with E-state index in [1.165, 1.54) is 139 Å². The predicted molar refractivity (Wildman–Crippen MR) is 498 cm³/mol. The van der Waals surface area contributed by atoms with Crippen LogP contribution in [0.3, 0.4) is 0 Å². The third kappa shape index (κ3) is 10.4. The second kappa shape index (κ2) is 26.2. The van der Waals surface area contributed by atoms with Crippen LogP contribution in [0.15, 0.2) is 389 Å². The number of nitrogens with zero attached hydrogens (tertiary/aromatic N) is 8. The van der Waals surface area contributed by atoms with Crippen molar-refractivity contribution in [2.24, 2.45) is 0 Å². The maximum Gasteiger partial charge on any atom is 0.137 e. The number of imidazole rings is 2. The number of hydrogen-bond donors (Lipinski definition) is 0. The topological polar surface area (TPSA) is 70.2 Å². The van der Waals surface area contributed by atoms with Gasteiger partial charge in [0.2, 0.25) is 0 Å². The minimum Gasteiger partial charge on any atom is -0.309 e. The lowest BCUT2D eigenvalue weighted by Gasteiger charge is -2.17. The fourth-order valence-corrected chi connectivity index (χ4v) is 21.1. The van der Waals surface area contributed by atoms with Crippen LogP contribution in [0, 0.1) is 0 Å². The average Bonchev–Trinajstić information content (AvgIpc) is 1.51. The monoisotopic (exact) mass is 1540 g/mol. The third-order valence-electron chi connectivity index (χ3n) is 24.3. The van der Waals surface area contributed by atoms with Gasteiger partial charge in [-0.25, -0.2) is 9.97 Å². The van der Waals surface area contributed by atoms with Crippen molar-refractivity contribution in [2.75, 3.05) is 0 Å². The van der Waals surface area contributed by atoms with Crippen molar-refractivity contribution in [1.29, 1.82) is 0 Å². The SMILES string of the molecule is c1ccc(-c2ccc3c(c2)c2cc(-c4cc(-c5ccc6c(c5)sc5ccccc56)cc(-c5ccc6sc7ccccc7c6c5)c4)ccc2c2c3nc3ccccn32)nc1.c1ccc(-c2ccc3c(c2)c2cc(-c4cc(-n5c6ccccc6c6ccccc65)cc(-n5c6ccccc6c6ccccc65)c4)ccc2c2c3nc3ccccn32)nc1. The number of para-hydroxylation sites is 4. The van der Waals surface area contributed by atoms with E-state index in [2.05, 4.69) is 376 Å². The zero-order valence-corrected chi connectivity index (χ0v) is 65.0. The molecule has 0 spiro atoms. The molecule has 0 aliphatic heterocycles. The first-order valence-electron chi connectivity index (χ1n) is 39.9. The van der Waals surface area contributed by atoms with Crippen molar-refractivity contribution in [3.05, 3.63) is 389 Å². The molecule has 0 aliphatic rings. The van der Waals surface area contributed by atoms with E-state index in [1.54, 1.807) is 0 Å². The molecule has 0 N–H and O–H groups in total. The van der Waals surface area contributed by atoms with Crippen molar-refractivity contribution >= 4 is 183 Å². The molecule has 10 heterocycles. The maximum absolute atomic E-state index is 5.20. The molecule has 0 aliphatic carbocycles. The van der Waals surface area contributed by atoms with Gasteiger partial charge in [0.25, 0.3) is 0 Å². The molecule has 16 aromatic carbocycles. The highest BCUT2D eigenvalue weighted by atomic mass is 32.1. The van der Waals surface area contributed by atoms with Gasteiger partial charge in [-0.2, -0.15) is 0 Å². The quantitative estimate of drug-likeness (QED) is 0.142. The summed E-state index contributed by atoms with van der Waals surface area (Å²) >= 11 is 3.73. The van der Waals surface area contributed by atoms with Gasteiger partial charge in [0, 0.05) is 131 Å². The first-order valence-corrected chi connectivity index (χ1v) is 41.6. The van der Waals surface area contributed by atoms with Gasteiger partial charge < -0.3 is 9.13 Å². The molecule has 0 atom stereocenters. The summed E-state index contributed by atoms with van der Waals surface area (Å²) in [5.74, 6) is 0. The number of aromatic nitrogens is 8. The van der Waals surface area contributed by atoms with Crippen LogP contribution in [0.25, 0.3) is 239 Å². The Hall–Kier alpha value is -15.2. The van der Waals surface area contributed by atoms with Gasteiger partial charge in [0.05, 0.1) is 55.5 Å². The van der Waals surface area contributed by atoms with Crippen molar-refractivity contribution in [1.82, 2.24) is 37.9 Å². The molecule has 0 unspecified atom stereocenters. The summed E-state index contributed by atoms with van der Waals surface area (Å²) in [7, 11) is 0. The molecule has 0 amide bonds. The molecule has 26 rings (SSSR count).